The molecule has 0 radical (unpaired) electrons. The molecule has 1 aliphatic heterocycles. The molecule has 4 nitrogen and oxygen atoms in total. The fraction of sp³-hybridized carbons (Fsp3) is 1.00. The number of hydrogen-bond acceptors (Lipinski definition) is 4. The normalized spacial score (nSPS) is 30.5. The highest BCUT2D eigenvalue weighted by molar-refractivity contribution is 4.45. The first-order valence-electron chi connectivity index (χ1n) is 1.60. The van der Waals surface area contributed by atoms with Crippen molar-refractivity contribution in [3.63, 3.8) is 0 Å². The van der Waals surface area contributed by atoms with Gasteiger partial charge in [-0.2, -0.15) is 0 Å². The number of nitrogens with zero attached hydrogens (tertiary/aromatic N) is 2. The van der Waals surface area contributed by atoms with E-state index in [-0.39, 0.29) is 6.61 Å². The summed E-state index contributed by atoms with van der Waals surface area (Å²) >= 11 is 0. The predicted octanol–water partition coefficient (Wildman–Crippen LogP) is -0.298. The summed E-state index contributed by atoms with van der Waals surface area (Å²) in [5.41, 5.74) is 0. The SMILES string of the molecule is OC1CON=N1. The molecule has 6 heavy (non-hydrogen) atoms. The van der Waals surface area contributed by atoms with Gasteiger partial charge in [0.1, 0.15) is 0 Å². The molecule has 1 rings (SSSR count). The third-order valence-electron chi connectivity index (χ3n) is 0.462. The summed E-state index contributed by atoms with van der Waals surface area (Å²) in [5, 5.41) is 14.6. The maximum absolute atomic E-state index is 8.34. The molecule has 0 spiro atoms. The van der Waals surface area contributed by atoms with Crippen molar-refractivity contribution < 1.29 is 9.94 Å². The molecule has 1 unspecified atom stereocenters. The van der Waals surface area contributed by atoms with E-state index in [1.807, 2.05) is 0 Å². The van der Waals surface area contributed by atoms with E-state index >= 15 is 0 Å². The monoisotopic (exact) mass is 88.0 g/mol. The van der Waals surface area contributed by atoms with Crippen LogP contribution in [0.15, 0.2) is 10.4 Å². The predicted molar refractivity (Wildman–Crippen MR) is 16.8 cm³/mol. The van der Waals surface area contributed by atoms with Gasteiger partial charge >= 0.3 is 0 Å². The molecule has 4 heteroatoms. The molecule has 1 atom stereocenters. The Bertz CT molecular complexity index is 71.9. The van der Waals surface area contributed by atoms with E-state index in [0.29, 0.717) is 0 Å². The summed E-state index contributed by atoms with van der Waals surface area (Å²) in [6.07, 6.45) is -0.718. The third kappa shape index (κ3) is 0.463. The minimum Gasteiger partial charge on any atom is -0.375 e. The second-order valence-electron chi connectivity index (χ2n) is 0.974. The third-order valence-corrected chi connectivity index (χ3v) is 0.462. The van der Waals surface area contributed by atoms with Crippen molar-refractivity contribution >= 4 is 0 Å². The molecule has 1 heterocycles. The first-order valence-corrected chi connectivity index (χ1v) is 1.60. The molecule has 0 bridgehead atoms. The zero-order valence-corrected chi connectivity index (χ0v) is 3.03. The van der Waals surface area contributed by atoms with E-state index in [1.54, 1.807) is 0 Å². The van der Waals surface area contributed by atoms with Crippen molar-refractivity contribution in [2.24, 2.45) is 10.4 Å². The van der Waals surface area contributed by atoms with Crippen LogP contribution >= 0.6 is 0 Å². The van der Waals surface area contributed by atoms with Crippen LogP contribution in [0.3, 0.4) is 0 Å². The van der Waals surface area contributed by atoms with Crippen LogP contribution < -0.4 is 0 Å². The molecular formula is C2H4N2O2. The topological polar surface area (TPSA) is 54.2 Å². The highest BCUT2D eigenvalue weighted by Gasteiger charge is 2.05. The Labute approximate surface area is 34.4 Å². The average Bonchev–Trinajstić information content (AvgIpc) is 1.86. The minimum absolute atomic E-state index is 0.208. The fourth-order valence-electron chi connectivity index (χ4n) is 0.221. The van der Waals surface area contributed by atoms with Crippen LogP contribution in [0.5, 0.6) is 0 Å². The summed E-state index contributed by atoms with van der Waals surface area (Å²) in [6, 6.07) is 0. The summed E-state index contributed by atoms with van der Waals surface area (Å²) in [4.78, 5) is 4.27. The Kier molecular flexibility index (Phi) is 0.719. The van der Waals surface area contributed by atoms with Crippen LogP contribution in [-0.2, 0) is 4.84 Å². The van der Waals surface area contributed by atoms with E-state index in [9.17, 15) is 0 Å². The number of hydrogen-bond donors (Lipinski definition) is 1. The molecular weight excluding hydrogens is 84.0 g/mol. The van der Waals surface area contributed by atoms with Crippen molar-refractivity contribution in [1.82, 2.24) is 0 Å². The molecule has 0 aliphatic carbocycles. The zero-order chi connectivity index (χ0) is 4.41. The fourth-order valence-corrected chi connectivity index (χ4v) is 0.221. The van der Waals surface area contributed by atoms with Crippen LogP contribution in [0.25, 0.3) is 0 Å². The molecule has 0 amide bonds. The van der Waals surface area contributed by atoms with Gasteiger partial charge in [0.2, 0.25) is 6.23 Å². The van der Waals surface area contributed by atoms with Crippen LogP contribution in [-0.4, -0.2) is 17.9 Å². The summed E-state index contributed by atoms with van der Waals surface area (Å²) < 4.78 is 0. The van der Waals surface area contributed by atoms with Gasteiger partial charge in [-0.05, 0) is 0 Å². The molecule has 0 aromatic carbocycles. The molecule has 0 aromatic rings. The van der Waals surface area contributed by atoms with Gasteiger partial charge in [-0.3, -0.25) is 0 Å². The van der Waals surface area contributed by atoms with Crippen LogP contribution in [0.1, 0.15) is 0 Å². The Morgan fingerprint density at radius 2 is 2.67 bits per heavy atom. The molecule has 1 aliphatic rings. The van der Waals surface area contributed by atoms with E-state index < -0.39 is 6.23 Å². The average molecular weight is 88.1 g/mol. The molecule has 0 fully saturated rings. The largest absolute Gasteiger partial charge is 0.375 e. The lowest BCUT2D eigenvalue weighted by molar-refractivity contribution is 0.1000. The number of rotatable bonds is 0. The van der Waals surface area contributed by atoms with Gasteiger partial charge < -0.3 is 9.94 Å². The summed E-state index contributed by atoms with van der Waals surface area (Å²) in [5.74, 6) is 0. The second-order valence-corrected chi connectivity index (χ2v) is 0.974. The Balaban J connectivity index is 2.38. The van der Waals surface area contributed by atoms with E-state index in [1.165, 1.54) is 0 Å². The van der Waals surface area contributed by atoms with E-state index in [0.717, 1.165) is 0 Å². The van der Waals surface area contributed by atoms with Crippen molar-refractivity contribution in [1.29, 1.82) is 0 Å². The Hall–Kier alpha value is -0.640. The maximum Gasteiger partial charge on any atom is 0.206 e. The van der Waals surface area contributed by atoms with Crippen LogP contribution in [0.4, 0.5) is 0 Å². The molecule has 0 saturated carbocycles. The van der Waals surface area contributed by atoms with Crippen molar-refractivity contribution in [3.05, 3.63) is 0 Å². The van der Waals surface area contributed by atoms with Crippen molar-refractivity contribution in [2.75, 3.05) is 6.61 Å². The van der Waals surface area contributed by atoms with Gasteiger partial charge in [0.25, 0.3) is 0 Å². The Morgan fingerprint density at radius 1 is 1.83 bits per heavy atom. The van der Waals surface area contributed by atoms with E-state index in [2.05, 4.69) is 15.2 Å². The lowest BCUT2D eigenvalue weighted by Gasteiger charge is -1.84. The van der Waals surface area contributed by atoms with Gasteiger partial charge in [-0.25, -0.2) is 0 Å². The standard InChI is InChI=1S/C2H4N2O2/c5-2-1-6-4-3-2/h2,5H,1H2. The smallest absolute Gasteiger partial charge is 0.206 e. The van der Waals surface area contributed by atoms with Gasteiger partial charge in [-0.15, -0.1) is 5.11 Å². The number of aliphatic hydroxyl groups is 1. The van der Waals surface area contributed by atoms with Crippen molar-refractivity contribution in [3.8, 4) is 0 Å². The lowest BCUT2D eigenvalue weighted by Crippen LogP contribution is -2.01. The quantitative estimate of drug-likeness (QED) is 0.442. The van der Waals surface area contributed by atoms with Crippen LogP contribution in [0.2, 0.25) is 0 Å². The van der Waals surface area contributed by atoms with Gasteiger partial charge in [0, 0.05) is 5.28 Å². The van der Waals surface area contributed by atoms with E-state index in [4.69, 9.17) is 5.11 Å². The Morgan fingerprint density at radius 3 is 2.83 bits per heavy atom. The highest BCUT2D eigenvalue weighted by Crippen LogP contribution is 1.96. The lowest BCUT2D eigenvalue weighted by atomic mass is 10.7. The highest BCUT2D eigenvalue weighted by atomic mass is 16.7. The van der Waals surface area contributed by atoms with Gasteiger partial charge in [0.15, 0.2) is 6.61 Å². The summed E-state index contributed by atoms with van der Waals surface area (Å²) in [7, 11) is 0. The molecule has 0 aromatic heterocycles. The number of aliphatic hydroxyl groups excluding tert-OH is 1. The summed E-state index contributed by atoms with van der Waals surface area (Å²) in [6.45, 7) is 0.208. The molecule has 34 valence electrons. The van der Waals surface area contributed by atoms with Gasteiger partial charge in [-0.1, -0.05) is 0 Å². The van der Waals surface area contributed by atoms with Gasteiger partial charge in [0.05, 0.1) is 0 Å². The van der Waals surface area contributed by atoms with Crippen LogP contribution in [0, 0.1) is 0 Å². The first kappa shape index (κ1) is 3.55. The second kappa shape index (κ2) is 1.22. The minimum atomic E-state index is -0.718. The zero-order valence-electron chi connectivity index (χ0n) is 3.03. The maximum atomic E-state index is 8.34. The molecule has 0 saturated heterocycles. The van der Waals surface area contributed by atoms with Crippen molar-refractivity contribution in [2.45, 2.75) is 6.23 Å². The molecule has 1 N–H and O–H groups in total. The first-order chi connectivity index (χ1) is 2.89.